The minimum atomic E-state index is -3.18. The smallest absolute Gasteiger partial charge is 0.258 e. The second-order valence-electron chi connectivity index (χ2n) is 12.3. The summed E-state index contributed by atoms with van der Waals surface area (Å²) in [7, 11) is -3.18. The summed E-state index contributed by atoms with van der Waals surface area (Å²) in [5.41, 5.74) is 4.97. The number of ketones is 1. The molecule has 36 heavy (non-hydrogen) atoms. The molecule has 0 radical (unpaired) electrons. The fourth-order valence-electron chi connectivity index (χ4n) is 6.89. The van der Waals surface area contributed by atoms with Gasteiger partial charge >= 0.3 is 0 Å². The van der Waals surface area contributed by atoms with E-state index < -0.39 is 18.8 Å². The molecule has 0 aromatic heterocycles. The highest BCUT2D eigenvalue weighted by Gasteiger charge is 2.55. The Morgan fingerprint density at radius 1 is 1.00 bits per heavy atom. The highest BCUT2D eigenvalue weighted by molar-refractivity contribution is 6.98. The van der Waals surface area contributed by atoms with E-state index in [1.54, 1.807) is 6.08 Å². The molecule has 5 heteroatoms. The monoisotopic (exact) mass is 503 g/mol. The number of allylic oxidation sites excluding steroid dienone is 2. The highest BCUT2D eigenvalue weighted by atomic mass is 28.4. The number of carbonyl (C=O) groups excluding carboxylic acids is 2. The molecule has 4 rings (SSSR count). The van der Waals surface area contributed by atoms with Crippen LogP contribution < -0.4 is 16.1 Å². The van der Waals surface area contributed by atoms with Gasteiger partial charge in [-0.1, -0.05) is 107 Å². The lowest BCUT2D eigenvalue weighted by Gasteiger charge is -2.49. The summed E-state index contributed by atoms with van der Waals surface area (Å²) in [4.78, 5) is 38.4. The van der Waals surface area contributed by atoms with Crippen molar-refractivity contribution in [3.8, 4) is 0 Å². The first-order chi connectivity index (χ1) is 16.9. The van der Waals surface area contributed by atoms with Crippen LogP contribution in [0.4, 0.5) is 0 Å². The number of hydrogen-bond donors (Lipinski definition) is 2. The van der Waals surface area contributed by atoms with Crippen LogP contribution in [0.3, 0.4) is 0 Å². The Morgan fingerprint density at radius 3 is 1.97 bits per heavy atom. The molecular formula is C31H41NO3Si. The van der Waals surface area contributed by atoms with Gasteiger partial charge in [-0.2, -0.15) is 0 Å². The largest absolute Gasteiger partial charge is 0.424 e. The molecule has 192 valence electrons. The maximum Gasteiger partial charge on any atom is 0.258 e. The van der Waals surface area contributed by atoms with Crippen LogP contribution in [-0.4, -0.2) is 24.8 Å². The van der Waals surface area contributed by atoms with E-state index in [-0.39, 0.29) is 28.9 Å². The third kappa shape index (κ3) is 4.52. The third-order valence-corrected chi connectivity index (χ3v) is 14.0. The van der Waals surface area contributed by atoms with Crippen molar-refractivity contribution in [2.24, 2.45) is 28.4 Å². The van der Waals surface area contributed by atoms with Gasteiger partial charge in [-0.3, -0.25) is 9.59 Å². The number of hydrogen-bond acceptors (Lipinski definition) is 3. The van der Waals surface area contributed by atoms with Gasteiger partial charge in [-0.15, -0.1) is 0 Å². The van der Waals surface area contributed by atoms with Gasteiger partial charge in [0.25, 0.3) is 8.32 Å². The standard InChI is InChI=1S/C31H41NO3Si/c1-29(2,36(35,24-13-7-5-8-14-24)25-15-9-6-10-16-25)21-23-17-18-27(33)26(30(23,3)4)22-31(28(32)34)19-11-12-20-31/h5-10,13-18,23,26,35H,11-12,19-22H2,1-4H3,(H2,32,34)/t23-,26-/m0/s1. The zero-order valence-electron chi connectivity index (χ0n) is 22.2. The minimum Gasteiger partial charge on any atom is -0.424 e. The number of amides is 1. The first-order valence-corrected chi connectivity index (χ1v) is 15.2. The highest BCUT2D eigenvalue weighted by Crippen LogP contribution is 2.54. The van der Waals surface area contributed by atoms with Crippen LogP contribution in [0.2, 0.25) is 5.04 Å². The second kappa shape index (κ2) is 9.75. The number of benzene rings is 2. The topological polar surface area (TPSA) is 80.4 Å². The minimum absolute atomic E-state index is 0.0768. The molecule has 0 unspecified atom stereocenters. The number of rotatable bonds is 8. The number of primary amides is 1. The van der Waals surface area contributed by atoms with Gasteiger partial charge in [0.15, 0.2) is 5.78 Å². The van der Waals surface area contributed by atoms with Crippen LogP contribution in [0, 0.1) is 22.7 Å². The van der Waals surface area contributed by atoms with E-state index in [0.717, 1.165) is 42.5 Å². The molecule has 0 spiro atoms. The molecule has 0 bridgehead atoms. The van der Waals surface area contributed by atoms with Crippen molar-refractivity contribution < 1.29 is 14.4 Å². The normalized spacial score (nSPS) is 23.5. The third-order valence-electron chi connectivity index (χ3n) is 9.46. The summed E-state index contributed by atoms with van der Waals surface area (Å²) in [6.07, 6.45) is 8.56. The molecule has 2 aliphatic rings. The van der Waals surface area contributed by atoms with Crippen LogP contribution in [0.5, 0.6) is 0 Å². The molecule has 0 saturated heterocycles. The Labute approximate surface area is 217 Å². The lowest BCUT2D eigenvalue weighted by atomic mass is 9.58. The van der Waals surface area contributed by atoms with E-state index in [2.05, 4.69) is 33.8 Å². The van der Waals surface area contributed by atoms with Crippen molar-refractivity contribution in [1.29, 1.82) is 0 Å². The summed E-state index contributed by atoms with van der Waals surface area (Å²) in [5.74, 6) is -0.352. The quantitative estimate of drug-likeness (QED) is 0.511. The predicted molar refractivity (Wildman–Crippen MR) is 148 cm³/mol. The summed E-state index contributed by atoms with van der Waals surface area (Å²) in [5, 5.41) is 1.55. The van der Waals surface area contributed by atoms with Crippen molar-refractivity contribution in [2.75, 3.05) is 0 Å². The zero-order valence-corrected chi connectivity index (χ0v) is 23.2. The Bertz CT molecular complexity index is 1080. The van der Waals surface area contributed by atoms with Gasteiger partial charge in [0.05, 0.1) is 0 Å². The van der Waals surface area contributed by atoms with Crippen LogP contribution in [0.15, 0.2) is 72.8 Å². The summed E-state index contributed by atoms with van der Waals surface area (Å²) >= 11 is 0. The van der Waals surface area contributed by atoms with Crippen molar-refractivity contribution >= 4 is 30.4 Å². The fourth-order valence-corrected chi connectivity index (χ4v) is 10.7. The van der Waals surface area contributed by atoms with Gasteiger partial charge < -0.3 is 10.5 Å². The molecule has 1 amide bonds. The van der Waals surface area contributed by atoms with Crippen LogP contribution in [-0.2, 0) is 9.59 Å². The van der Waals surface area contributed by atoms with E-state index >= 15 is 0 Å². The summed E-state index contributed by atoms with van der Waals surface area (Å²) < 4.78 is 0. The maximum atomic E-state index is 13.2. The van der Waals surface area contributed by atoms with Gasteiger partial charge in [0, 0.05) is 11.3 Å². The molecule has 2 aromatic carbocycles. The lowest BCUT2D eigenvalue weighted by molar-refractivity contribution is -0.133. The van der Waals surface area contributed by atoms with Crippen LogP contribution >= 0.6 is 0 Å². The van der Waals surface area contributed by atoms with Crippen molar-refractivity contribution in [3.05, 3.63) is 72.8 Å². The van der Waals surface area contributed by atoms with Crippen LogP contribution in [0.25, 0.3) is 0 Å². The van der Waals surface area contributed by atoms with Gasteiger partial charge in [-0.25, -0.2) is 0 Å². The maximum absolute atomic E-state index is 13.2. The number of nitrogens with two attached hydrogens (primary N) is 1. The Hall–Kier alpha value is -2.50. The number of carbonyl (C=O) groups is 2. The Balaban J connectivity index is 1.70. The molecule has 2 aliphatic carbocycles. The summed E-state index contributed by atoms with van der Waals surface area (Å²) in [6.45, 7) is 8.68. The molecule has 3 N–H and O–H groups in total. The molecule has 1 fully saturated rings. The first-order valence-electron chi connectivity index (χ1n) is 13.3. The Kier molecular flexibility index (Phi) is 7.19. The zero-order chi connectivity index (χ0) is 26.2. The average Bonchev–Trinajstić information content (AvgIpc) is 3.34. The molecule has 0 heterocycles. The van der Waals surface area contributed by atoms with E-state index in [1.807, 2.05) is 60.7 Å². The fraction of sp³-hybridized carbons (Fsp3) is 0.484. The van der Waals surface area contributed by atoms with E-state index in [4.69, 9.17) is 5.73 Å². The molecule has 1 saturated carbocycles. The molecular weight excluding hydrogens is 462 g/mol. The Morgan fingerprint density at radius 2 is 1.50 bits per heavy atom. The molecule has 4 nitrogen and oxygen atoms in total. The average molecular weight is 504 g/mol. The van der Waals surface area contributed by atoms with Gasteiger partial charge in [0.2, 0.25) is 5.91 Å². The van der Waals surface area contributed by atoms with E-state index in [1.165, 1.54) is 0 Å². The lowest BCUT2D eigenvalue weighted by Crippen LogP contribution is -2.66. The first kappa shape index (κ1) is 26.6. The van der Waals surface area contributed by atoms with E-state index in [9.17, 15) is 14.4 Å². The van der Waals surface area contributed by atoms with Gasteiger partial charge in [-0.05, 0) is 58.5 Å². The molecule has 2 atom stereocenters. The van der Waals surface area contributed by atoms with Crippen LogP contribution in [0.1, 0.15) is 66.2 Å². The summed E-state index contributed by atoms with van der Waals surface area (Å²) in [6, 6.07) is 20.1. The van der Waals surface area contributed by atoms with Crippen molar-refractivity contribution in [2.45, 2.75) is 71.3 Å². The van der Waals surface area contributed by atoms with E-state index in [0.29, 0.717) is 6.42 Å². The molecule has 2 aromatic rings. The van der Waals surface area contributed by atoms with Crippen molar-refractivity contribution in [1.82, 2.24) is 0 Å². The van der Waals surface area contributed by atoms with Gasteiger partial charge in [0.1, 0.15) is 0 Å². The second-order valence-corrected chi connectivity index (χ2v) is 16.3. The van der Waals surface area contributed by atoms with Crippen molar-refractivity contribution in [3.63, 3.8) is 0 Å². The predicted octanol–water partition coefficient (Wildman–Crippen LogP) is 4.74. The SMILES string of the molecule is CC1(C)[C@H](CC(C)(C)[Si](O)(c2ccccc2)c2ccccc2)C=CC(=O)[C@@H]1CC1(C(N)=O)CCCC1. The molecule has 0 aliphatic heterocycles.